The van der Waals surface area contributed by atoms with Crippen molar-refractivity contribution in [3.8, 4) is 5.75 Å². The number of carbonyl (C=O) groups is 1. The lowest BCUT2D eigenvalue weighted by Gasteiger charge is -2.21. The second kappa shape index (κ2) is 11.5. The normalized spacial score (nSPS) is 14.7. The average Bonchev–Trinajstić information content (AvgIpc) is 2.80. The summed E-state index contributed by atoms with van der Waals surface area (Å²) in [5, 5.41) is 2.84. The molecule has 32 heavy (non-hydrogen) atoms. The van der Waals surface area contributed by atoms with Gasteiger partial charge in [0.15, 0.2) is 0 Å². The van der Waals surface area contributed by atoms with Gasteiger partial charge in [-0.2, -0.15) is 0 Å². The number of rotatable bonds is 10. The minimum Gasteiger partial charge on any atom is -0.497 e. The molecule has 0 radical (unpaired) electrons. The van der Waals surface area contributed by atoms with Gasteiger partial charge >= 0.3 is 0 Å². The molecule has 1 saturated carbocycles. The number of anilines is 1. The Morgan fingerprint density at radius 1 is 1.09 bits per heavy atom. The van der Waals surface area contributed by atoms with Gasteiger partial charge in [-0.25, -0.2) is 8.42 Å². The minimum absolute atomic E-state index is 0.0310. The van der Waals surface area contributed by atoms with Crippen LogP contribution in [0.2, 0.25) is 5.02 Å². The molecule has 0 aromatic heterocycles. The molecule has 0 saturated heterocycles. The summed E-state index contributed by atoms with van der Waals surface area (Å²) >= 11 is 6.13. The van der Waals surface area contributed by atoms with E-state index in [1.54, 1.807) is 24.3 Å². The maximum Gasteiger partial charge on any atom is 0.263 e. The first-order chi connectivity index (χ1) is 15.4. The van der Waals surface area contributed by atoms with Crippen LogP contribution in [0.3, 0.4) is 0 Å². The van der Waals surface area contributed by atoms with Crippen LogP contribution in [0.4, 0.5) is 5.69 Å². The summed E-state index contributed by atoms with van der Waals surface area (Å²) in [5.74, 6) is 0.244. The zero-order chi connectivity index (χ0) is 23.0. The van der Waals surface area contributed by atoms with Crippen LogP contribution in [-0.4, -0.2) is 40.7 Å². The van der Waals surface area contributed by atoms with Crippen molar-refractivity contribution in [1.82, 2.24) is 5.32 Å². The average molecular weight is 481 g/mol. The molecule has 0 aliphatic heterocycles. The Morgan fingerprint density at radius 2 is 1.81 bits per heavy atom. The molecule has 0 atom stereocenters. The predicted octanol–water partition coefficient (Wildman–Crippen LogP) is 4.62. The Balaban J connectivity index is 1.56. The van der Waals surface area contributed by atoms with Crippen LogP contribution in [0, 0.1) is 0 Å². The number of benzene rings is 2. The first-order valence-electron chi connectivity index (χ1n) is 10.8. The van der Waals surface area contributed by atoms with Gasteiger partial charge in [-0.3, -0.25) is 9.52 Å². The summed E-state index contributed by atoms with van der Waals surface area (Å²) in [4.78, 5) is 12.3. The van der Waals surface area contributed by atoms with E-state index >= 15 is 0 Å². The molecule has 1 amide bonds. The van der Waals surface area contributed by atoms with Gasteiger partial charge in [0.25, 0.3) is 15.9 Å². The number of amides is 1. The van der Waals surface area contributed by atoms with E-state index in [9.17, 15) is 13.2 Å². The van der Waals surface area contributed by atoms with Crippen molar-refractivity contribution in [3.05, 3.63) is 53.1 Å². The molecule has 1 fully saturated rings. The maximum absolute atomic E-state index is 12.8. The molecule has 0 bridgehead atoms. The van der Waals surface area contributed by atoms with E-state index in [0.717, 1.165) is 12.8 Å². The second-order valence-corrected chi connectivity index (χ2v) is 9.78. The van der Waals surface area contributed by atoms with Gasteiger partial charge in [-0.15, -0.1) is 0 Å². The van der Waals surface area contributed by atoms with E-state index < -0.39 is 10.0 Å². The minimum atomic E-state index is -3.98. The Morgan fingerprint density at radius 3 is 2.50 bits per heavy atom. The quantitative estimate of drug-likeness (QED) is 0.484. The lowest BCUT2D eigenvalue weighted by atomic mass is 9.98. The molecule has 2 aromatic carbocycles. The lowest BCUT2D eigenvalue weighted by molar-refractivity contribution is 0.0273. The molecule has 0 unspecified atom stereocenters. The first-order valence-corrected chi connectivity index (χ1v) is 12.6. The molecule has 2 aromatic rings. The molecule has 1 aliphatic carbocycles. The number of nitrogens with one attached hydrogen (secondary N) is 2. The number of hydrogen-bond acceptors (Lipinski definition) is 5. The van der Waals surface area contributed by atoms with Crippen molar-refractivity contribution in [2.24, 2.45) is 0 Å². The van der Waals surface area contributed by atoms with Crippen molar-refractivity contribution >= 4 is 33.2 Å². The van der Waals surface area contributed by atoms with Gasteiger partial charge in [0.1, 0.15) is 10.6 Å². The number of halogens is 1. The predicted molar refractivity (Wildman–Crippen MR) is 125 cm³/mol. The van der Waals surface area contributed by atoms with Crippen LogP contribution in [0.1, 0.15) is 48.9 Å². The van der Waals surface area contributed by atoms with E-state index in [1.807, 2.05) is 0 Å². The third-order valence-corrected chi connectivity index (χ3v) is 7.20. The van der Waals surface area contributed by atoms with E-state index in [-0.39, 0.29) is 21.4 Å². The first kappa shape index (κ1) is 24.4. The Kier molecular flexibility index (Phi) is 8.78. The summed E-state index contributed by atoms with van der Waals surface area (Å²) in [6.45, 7) is 1.04. The highest BCUT2D eigenvalue weighted by molar-refractivity contribution is 7.92. The van der Waals surface area contributed by atoms with Crippen molar-refractivity contribution in [3.63, 3.8) is 0 Å². The number of carbonyl (C=O) groups excluding carboxylic acids is 1. The van der Waals surface area contributed by atoms with Crippen LogP contribution >= 0.6 is 11.6 Å². The van der Waals surface area contributed by atoms with Crippen molar-refractivity contribution in [1.29, 1.82) is 0 Å². The molecule has 7 nitrogen and oxygen atoms in total. The zero-order valence-corrected chi connectivity index (χ0v) is 19.7. The largest absolute Gasteiger partial charge is 0.497 e. The molecule has 3 rings (SSSR count). The van der Waals surface area contributed by atoms with Gasteiger partial charge in [-0.1, -0.05) is 30.9 Å². The smallest absolute Gasteiger partial charge is 0.263 e. The van der Waals surface area contributed by atoms with Crippen molar-refractivity contribution in [2.45, 2.75) is 49.5 Å². The molecule has 174 valence electrons. The number of ether oxygens (including phenoxy) is 2. The number of sulfonamides is 1. The Labute approximate surface area is 194 Å². The molecular weight excluding hydrogens is 452 g/mol. The van der Waals surface area contributed by atoms with Gasteiger partial charge in [-0.05, 0) is 61.7 Å². The lowest BCUT2D eigenvalue weighted by Crippen LogP contribution is -2.26. The van der Waals surface area contributed by atoms with E-state index in [4.69, 9.17) is 21.1 Å². The van der Waals surface area contributed by atoms with Crippen molar-refractivity contribution < 1.29 is 22.7 Å². The highest BCUT2D eigenvalue weighted by Crippen LogP contribution is 2.26. The number of methoxy groups -OCH3 is 1. The Bertz CT molecular complexity index is 1010. The zero-order valence-electron chi connectivity index (χ0n) is 18.1. The van der Waals surface area contributed by atoms with Crippen LogP contribution in [0.25, 0.3) is 0 Å². The van der Waals surface area contributed by atoms with Crippen LogP contribution in [-0.2, 0) is 14.8 Å². The fraction of sp³-hybridized carbons (Fsp3) is 0.435. The fourth-order valence-corrected chi connectivity index (χ4v) is 5.16. The highest BCUT2D eigenvalue weighted by Gasteiger charge is 2.20. The number of hydrogen-bond donors (Lipinski definition) is 2. The molecular formula is C23H29ClN2O5S. The Hall–Kier alpha value is -2.29. The maximum atomic E-state index is 12.8. The van der Waals surface area contributed by atoms with E-state index in [1.165, 1.54) is 44.6 Å². The third-order valence-electron chi connectivity index (χ3n) is 5.34. The molecule has 1 aliphatic rings. The summed E-state index contributed by atoms with van der Waals surface area (Å²) in [7, 11) is -2.46. The van der Waals surface area contributed by atoms with Gasteiger partial charge in [0.05, 0.1) is 18.2 Å². The standard InChI is InChI=1S/C23H29ClN2O5S/c1-30-19-11-9-18(10-12-19)26-32(28,29)22-16-17(8-13-21(22)24)23(27)25-14-5-15-31-20-6-3-2-4-7-20/h8-13,16,20,26H,2-7,14-15H2,1H3,(H,25,27). The van der Waals surface area contributed by atoms with Crippen LogP contribution in [0.15, 0.2) is 47.4 Å². The molecule has 9 heteroatoms. The van der Waals surface area contributed by atoms with Gasteiger partial charge in [0.2, 0.25) is 0 Å². The van der Waals surface area contributed by atoms with Crippen LogP contribution < -0.4 is 14.8 Å². The van der Waals surface area contributed by atoms with Crippen molar-refractivity contribution in [2.75, 3.05) is 25.0 Å². The highest BCUT2D eigenvalue weighted by atomic mass is 35.5. The molecule has 0 heterocycles. The summed E-state index contributed by atoms with van der Waals surface area (Å²) in [6, 6.07) is 10.6. The van der Waals surface area contributed by atoms with Crippen LogP contribution in [0.5, 0.6) is 5.75 Å². The van der Waals surface area contributed by atoms with E-state index in [0.29, 0.717) is 37.1 Å². The fourth-order valence-electron chi connectivity index (χ4n) is 3.58. The summed E-state index contributed by atoms with van der Waals surface area (Å²) in [6.07, 6.45) is 6.97. The van der Waals surface area contributed by atoms with Gasteiger partial charge in [0, 0.05) is 24.4 Å². The SMILES string of the molecule is COc1ccc(NS(=O)(=O)c2cc(C(=O)NCCCOC3CCCCC3)ccc2Cl)cc1. The monoisotopic (exact) mass is 480 g/mol. The molecule has 2 N–H and O–H groups in total. The molecule has 0 spiro atoms. The second-order valence-electron chi connectivity index (χ2n) is 7.72. The van der Waals surface area contributed by atoms with E-state index in [2.05, 4.69) is 10.0 Å². The summed E-state index contributed by atoms with van der Waals surface area (Å²) in [5.41, 5.74) is 0.576. The van der Waals surface area contributed by atoms with Gasteiger partial charge < -0.3 is 14.8 Å². The summed E-state index contributed by atoms with van der Waals surface area (Å²) < 4.78 is 39.0. The third kappa shape index (κ3) is 6.85. The topological polar surface area (TPSA) is 93.7 Å².